The van der Waals surface area contributed by atoms with E-state index in [0.717, 1.165) is 37.8 Å². The summed E-state index contributed by atoms with van der Waals surface area (Å²) in [6.07, 6.45) is 4.21. The van der Waals surface area contributed by atoms with Crippen LogP contribution in [0.15, 0.2) is 18.2 Å². The highest BCUT2D eigenvalue weighted by atomic mass is 19.1. The smallest absolute Gasteiger partial charge is 0.295 e. The van der Waals surface area contributed by atoms with E-state index in [2.05, 4.69) is 5.32 Å². The van der Waals surface area contributed by atoms with Crippen LogP contribution in [0.4, 0.5) is 15.8 Å². The summed E-state index contributed by atoms with van der Waals surface area (Å²) in [6.45, 7) is 0. The Morgan fingerprint density at radius 1 is 1.33 bits per heavy atom. The number of nitrogens with one attached hydrogen (secondary N) is 1. The third-order valence-corrected chi connectivity index (χ3v) is 3.84. The number of nitro groups is 1. The van der Waals surface area contributed by atoms with Crippen molar-refractivity contribution >= 4 is 17.3 Å². The Morgan fingerprint density at radius 2 is 2.05 bits per heavy atom. The fraction of sp³-hybridized carbons (Fsp3) is 0.500. The van der Waals surface area contributed by atoms with Gasteiger partial charge < -0.3 is 11.1 Å². The number of nitrogens with zero attached hydrogens (tertiary/aromatic N) is 1. The van der Waals surface area contributed by atoms with Crippen molar-refractivity contribution in [3.05, 3.63) is 34.1 Å². The monoisotopic (exact) mass is 295 g/mol. The first-order valence-electron chi connectivity index (χ1n) is 7.00. The molecule has 0 heterocycles. The standard InChI is InChI=1S/C14H18FN3O3/c15-10-6-4-8-12(18(20)21)13(10)17-14(19)9-5-2-1-3-7-11(9)16/h4,6,8-9,11H,1-3,5,7,16H2,(H,17,19). The highest BCUT2D eigenvalue weighted by molar-refractivity contribution is 5.95. The van der Waals surface area contributed by atoms with Crippen molar-refractivity contribution < 1.29 is 14.1 Å². The molecule has 1 fully saturated rings. The minimum absolute atomic E-state index is 0.293. The topological polar surface area (TPSA) is 98.3 Å². The predicted octanol–water partition coefficient (Wildman–Crippen LogP) is 2.58. The Kier molecular flexibility index (Phi) is 4.85. The highest BCUT2D eigenvalue weighted by Gasteiger charge is 2.29. The van der Waals surface area contributed by atoms with Crippen molar-refractivity contribution in [3.63, 3.8) is 0 Å². The van der Waals surface area contributed by atoms with Crippen LogP contribution in [0.1, 0.15) is 32.1 Å². The highest BCUT2D eigenvalue weighted by Crippen LogP contribution is 2.29. The number of carbonyl (C=O) groups is 1. The van der Waals surface area contributed by atoms with Gasteiger partial charge in [-0.2, -0.15) is 0 Å². The van der Waals surface area contributed by atoms with E-state index in [0.29, 0.717) is 6.42 Å². The van der Waals surface area contributed by atoms with E-state index in [4.69, 9.17) is 5.73 Å². The van der Waals surface area contributed by atoms with Crippen molar-refractivity contribution in [2.45, 2.75) is 38.1 Å². The zero-order valence-electron chi connectivity index (χ0n) is 11.5. The lowest BCUT2D eigenvalue weighted by Gasteiger charge is -2.20. The summed E-state index contributed by atoms with van der Waals surface area (Å²) in [5, 5.41) is 13.3. The summed E-state index contributed by atoms with van der Waals surface area (Å²) < 4.78 is 13.8. The van der Waals surface area contributed by atoms with Crippen LogP contribution in [-0.2, 0) is 4.79 Å². The molecule has 7 heteroatoms. The Balaban J connectivity index is 2.21. The first kappa shape index (κ1) is 15.4. The van der Waals surface area contributed by atoms with Crippen LogP contribution < -0.4 is 11.1 Å². The summed E-state index contributed by atoms with van der Waals surface area (Å²) in [6, 6.07) is 3.18. The minimum atomic E-state index is -0.820. The molecule has 0 spiro atoms. The molecule has 1 saturated carbocycles. The summed E-state index contributed by atoms with van der Waals surface area (Å²) in [4.78, 5) is 22.5. The quantitative estimate of drug-likeness (QED) is 0.508. The number of carbonyl (C=O) groups excluding carboxylic acids is 1. The average Bonchev–Trinajstić information content (AvgIpc) is 2.65. The van der Waals surface area contributed by atoms with Gasteiger partial charge in [-0.15, -0.1) is 0 Å². The minimum Gasteiger partial charge on any atom is -0.327 e. The second-order valence-corrected chi connectivity index (χ2v) is 5.29. The van der Waals surface area contributed by atoms with E-state index >= 15 is 0 Å². The summed E-state index contributed by atoms with van der Waals surface area (Å²) in [7, 11) is 0. The zero-order chi connectivity index (χ0) is 15.4. The van der Waals surface area contributed by atoms with Gasteiger partial charge in [0.1, 0.15) is 0 Å². The van der Waals surface area contributed by atoms with Gasteiger partial charge in [-0.3, -0.25) is 14.9 Å². The molecular formula is C14H18FN3O3. The Labute approximate surface area is 121 Å². The number of rotatable bonds is 3. The number of hydrogen-bond acceptors (Lipinski definition) is 4. The second kappa shape index (κ2) is 6.62. The number of nitro benzene ring substituents is 1. The van der Waals surface area contributed by atoms with E-state index in [1.807, 2.05) is 0 Å². The molecule has 2 atom stereocenters. The van der Waals surface area contributed by atoms with Crippen molar-refractivity contribution in [2.75, 3.05) is 5.32 Å². The van der Waals surface area contributed by atoms with E-state index in [9.17, 15) is 19.3 Å². The normalized spacial score (nSPS) is 22.4. The van der Waals surface area contributed by atoms with Crippen molar-refractivity contribution in [1.29, 1.82) is 0 Å². The molecule has 0 radical (unpaired) electrons. The number of para-hydroxylation sites is 1. The molecule has 1 amide bonds. The van der Waals surface area contributed by atoms with E-state index in [-0.39, 0.29) is 11.7 Å². The maximum atomic E-state index is 13.8. The molecular weight excluding hydrogens is 277 g/mol. The summed E-state index contributed by atoms with van der Waals surface area (Å²) in [5.74, 6) is -1.70. The number of amides is 1. The zero-order valence-corrected chi connectivity index (χ0v) is 11.5. The lowest BCUT2D eigenvalue weighted by Crippen LogP contribution is -2.38. The number of halogens is 1. The molecule has 21 heavy (non-hydrogen) atoms. The van der Waals surface area contributed by atoms with Gasteiger partial charge in [0.2, 0.25) is 5.91 Å². The van der Waals surface area contributed by atoms with Gasteiger partial charge in [-0.05, 0) is 18.9 Å². The Bertz CT molecular complexity index is 550. The lowest BCUT2D eigenvalue weighted by atomic mass is 9.94. The number of hydrogen-bond donors (Lipinski definition) is 2. The fourth-order valence-electron chi connectivity index (χ4n) is 2.67. The molecule has 1 aliphatic rings. The van der Waals surface area contributed by atoms with Crippen LogP contribution in [0.3, 0.4) is 0 Å². The van der Waals surface area contributed by atoms with Gasteiger partial charge in [0, 0.05) is 12.1 Å². The third-order valence-electron chi connectivity index (χ3n) is 3.84. The van der Waals surface area contributed by atoms with Crippen LogP contribution in [0, 0.1) is 21.8 Å². The van der Waals surface area contributed by atoms with Crippen molar-refractivity contribution in [2.24, 2.45) is 11.7 Å². The Hall–Kier alpha value is -2.02. The summed E-state index contributed by atoms with van der Waals surface area (Å²) in [5.41, 5.74) is 5.14. The first-order valence-corrected chi connectivity index (χ1v) is 7.00. The van der Waals surface area contributed by atoms with Gasteiger partial charge in [0.25, 0.3) is 5.69 Å². The molecule has 0 aliphatic heterocycles. The molecule has 3 N–H and O–H groups in total. The maximum Gasteiger partial charge on any atom is 0.295 e. The van der Waals surface area contributed by atoms with Crippen LogP contribution >= 0.6 is 0 Å². The largest absolute Gasteiger partial charge is 0.327 e. The predicted molar refractivity (Wildman–Crippen MR) is 76.2 cm³/mol. The van der Waals surface area contributed by atoms with Crippen LogP contribution in [-0.4, -0.2) is 16.9 Å². The molecule has 0 bridgehead atoms. The van der Waals surface area contributed by atoms with Gasteiger partial charge in [-0.1, -0.05) is 25.3 Å². The fourth-order valence-corrected chi connectivity index (χ4v) is 2.67. The molecule has 2 rings (SSSR count). The number of anilines is 1. The van der Waals surface area contributed by atoms with Gasteiger partial charge in [0.15, 0.2) is 11.5 Å². The third kappa shape index (κ3) is 3.55. The lowest BCUT2D eigenvalue weighted by molar-refractivity contribution is -0.384. The van der Waals surface area contributed by atoms with Gasteiger partial charge in [-0.25, -0.2) is 4.39 Å². The van der Waals surface area contributed by atoms with Crippen LogP contribution in [0.2, 0.25) is 0 Å². The summed E-state index contributed by atoms with van der Waals surface area (Å²) >= 11 is 0. The van der Waals surface area contributed by atoms with Crippen LogP contribution in [0.25, 0.3) is 0 Å². The maximum absolute atomic E-state index is 13.8. The first-order chi connectivity index (χ1) is 10.0. The van der Waals surface area contributed by atoms with Gasteiger partial charge in [0.05, 0.1) is 10.8 Å². The molecule has 0 saturated heterocycles. The van der Waals surface area contributed by atoms with Gasteiger partial charge >= 0.3 is 0 Å². The van der Waals surface area contributed by atoms with Crippen molar-refractivity contribution in [1.82, 2.24) is 0 Å². The molecule has 1 aliphatic carbocycles. The molecule has 6 nitrogen and oxygen atoms in total. The Morgan fingerprint density at radius 3 is 2.76 bits per heavy atom. The number of nitrogens with two attached hydrogens (primary N) is 1. The average molecular weight is 295 g/mol. The molecule has 2 unspecified atom stereocenters. The van der Waals surface area contributed by atoms with Crippen molar-refractivity contribution in [3.8, 4) is 0 Å². The van der Waals surface area contributed by atoms with E-state index in [1.54, 1.807) is 0 Å². The van der Waals surface area contributed by atoms with E-state index < -0.39 is 28.3 Å². The van der Waals surface area contributed by atoms with E-state index in [1.165, 1.54) is 6.07 Å². The molecule has 1 aromatic carbocycles. The second-order valence-electron chi connectivity index (χ2n) is 5.29. The number of benzene rings is 1. The molecule has 114 valence electrons. The molecule has 1 aromatic rings. The SMILES string of the molecule is NC1CCCCCC1C(=O)Nc1c(F)cccc1[N+](=O)[O-]. The molecule has 0 aromatic heterocycles. The van der Waals surface area contributed by atoms with Crippen LogP contribution in [0.5, 0.6) is 0 Å².